The number of rotatable bonds is 1. The molecule has 2 unspecified atom stereocenters. The fraction of sp³-hybridized carbons (Fsp3) is 0.538. The van der Waals surface area contributed by atoms with E-state index in [9.17, 15) is 0 Å². The van der Waals surface area contributed by atoms with E-state index in [1.54, 1.807) is 0 Å². The Morgan fingerprint density at radius 1 is 1.31 bits per heavy atom. The van der Waals surface area contributed by atoms with Gasteiger partial charge in [-0.2, -0.15) is 0 Å². The van der Waals surface area contributed by atoms with Crippen LogP contribution in [0.5, 0.6) is 0 Å². The van der Waals surface area contributed by atoms with Crippen molar-refractivity contribution in [2.24, 2.45) is 5.92 Å². The van der Waals surface area contributed by atoms with Crippen LogP contribution >= 0.6 is 12.4 Å². The third-order valence-electron chi connectivity index (χ3n) is 3.05. The van der Waals surface area contributed by atoms with Gasteiger partial charge in [-0.3, -0.25) is 5.32 Å². The molecule has 1 heterocycles. The van der Waals surface area contributed by atoms with Crippen LogP contribution in [0.1, 0.15) is 25.0 Å². The molecule has 16 heavy (non-hydrogen) atoms. The van der Waals surface area contributed by atoms with Crippen LogP contribution in [0.3, 0.4) is 0 Å². The number of hydrogen-bond donors (Lipinski definition) is 1. The smallest absolute Gasteiger partial charge is 0.142 e. The first-order valence-corrected chi connectivity index (χ1v) is 5.56. The van der Waals surface area contributed by atoms with Gasteiger partial charge in [0, 0.05) is 6.54 Å². The molecule has 1 aromatic rings. The Balaban J connectivity index is 0.00000128. The van der Waals surface area contributed by atoms with Gasteiger partial charge in [0.15, 0.2) is 0 Å². The van der Waals surface area contributed by atoms with E-state index >= 15 is 0 Å². The van der Waals surface area contributed by atoms with Crippen molar-refractivity contribution in [3.05, 3.63) is 35.4 Å². The monoisotopic (exact) mass is 241 g/mol. The SMILES string of the molecule is Cc1ccc(C2(C)NCC(C)CO2)cc1.Cl. The highest BCUT2D eigenvalue weighted by molar-refractivity contribution is 5.85. The summed E-state index contributed by atoms with van der Waals surface area (Å²) in [6, 6.07) is 8.53. The van der Waals surface area contributed by atoms with Gasteiger partial charge >= 0.3 is 0 Å². The van der Waals surface area contributed by atoms with E-state index in [2.05, 4.69) is 50.4 Å². The fourth-order valence-corrected chi connectivity index (χ4v) is 1.84. The molecule has 2 nitrogen and oxygen atoms in total. The largest absolute Gasteiger partial charge is 0.356 e. The molecule has 2 atom stereocenters. The summed E-state index contributed by atoms with van der Waals surface area (Å²) >= 11 is 0. The molecule has 0 radical (unpaired) electrons. The lowest BCUT2D eigenvalue weighted by atomic mass is 10.00. The summed E-state index contributed by atoms with van der Waals surface area (Å²) in [5.74, 6) is 0.600. The Morgan fingerprint density at radius 2 is 1.94 bits per heavy atom. The number of hydrogen-bond acceptors (Lipinski definition) is 2. The molecule has 0 spiro atoms. The standard InChI is InChI=1S/C13H19NO.ClH/c1-10-4-6-12(7-5-10)13(3)14-8-11(2)9-15-13;/h4-7,11,14H,8-9H2,1-3H3;1H. The first-order chi connectivity index (χ1) is 7.10. The van der Waals surface area contributed by atoms with Gasteiger partial charge in [0.2, 0.25) is 0 Å². The molecule has 1 aromatic carbocycles. The number of ether oxygens (including phenoxy) is 1. The average Bonchev–Trinajstić information content (AvgIpc) is 2.24. The molecule has 1 saturated heterocycles. The minimum atomic E-state index is -0.305. The zero-order valence-electron chi connectivity index (χ0n) is 10.1. The molecule has 0 amide bonds. The topological polar surface area (TPSA) is 21.3 Å². The third kappa shape index (κ3) is 2.76. The van der Waals surface area contributed by atoms with E-state index in [1.807, 2.05) is 0 Å². The van der Waals surface area contributed by atoms with E-state index in [0.29, 0.717) is 5.92 Å². The van der Waals surface area contributed by atoms with Crippen molar-refractivity contribution in [1.29, 1.82) is 0 Å². The summed E-state index contributed by atoms with van der Waals surface area (Å²) < 4.78 is 5.89. The molecule has 1 fully saturated rings. The van der Waals surface area contributed by atoms with Gasteiger partial charge in [0.25, 0.3) is 0 Å². The molecular weight excluding hydrogens is 222 g/mol. The average molecular weight is 242 g/mol. The zero-order valence-corrected chi connectivity index (χ0v) is 10.9. The van der Waals surface area contributed by atoms with E-state index in [1.165, 1.54) is 11.1 Å². The Labute approximate surface area is 104 Å². The molecule has 2 rings (SSSR count). The van der Waals surface area contributed by atoms with Crippen LogP contribution in [0.4, 0.5) is 0 Å². The second-order valence-electron chi connectivity index (χ2n) is 4.70. The van der Waals surface area contributed by atoms with Gasteiger partial charge in [0.1, 0.15) is 5.72 Å². The van der Waals surface area contributed by atoms with Crippen LogP contribution < -0.4 is 5.32 Å². The first-order valence-electron chi connectivity index (χ1n) is 5.56. The van der Waals surface area contributed by atoms with E-state index < -0.39 is 0 Å². The van der Waals surface area contributed by atoms with Crippen LogP contribution in [0.15, 0.2) is 24.3 Å². The van der Waals surface area contributed by atoms with Crippen LogP contribution in [-0.4, -0.2) is 13.2 Å². The predicted molar refractivity (Wildman–Crippen MR) is 68.9 cm³/mol. The van der Waals surface area contributed by atoms with Crippen LogP contribution in [0.25, 0.3) is 0 Å². The van der Waals surface area contributed by atoms with Crippen LogP contribution in [-0.2, 0) is 10.5 Å². The second kappa shape index (κ2) is 5.17. The van der Waals surface area contributed by atoms with E-state index in [4.69, 9.17) is 4.74 Å². The number of nitrogens with one attached hydrogen (secondary N) is 1. The third-order valence-corrected chi connectivity index (χ3v) is 3.05. The molecule has 1 aliphatic rings. The minimum absolute atomic E-state index is 0. The molecule has 0 bridgehead atoms. The highest BCUT2D eigenvalue weighted by Crippen LogP contribution is 2.26. The number of halogens is 1. The summed E-state index contributed by atoms with van der Waals surface area (Å²) in [6.07, 6.45) is 0. The number of aryl methyl sites for hydroxylation is 1. The zero-order chi connectivity index (χ0) is 10.9. The highest BCUT2D eigenvalue weighted by atomic mass is 35.5. The quantitative estimate of drug-likeness (QED) is 0.817. The molecule has 0 aliphatic carbocycles. The fourth-order valence-electron chi connectivity index (χ4n) is 1.84. The van der Waals surface area contributed by atoms with Gasteiger partial charge < -0.3 is 4.74 Å². The maximum atomic E-state index is 5.89. The number of benzene rings is 1. The summed E-state index contributed by atoms with van der Waals surface area (Å²) in [4.78, 5) is 0. The lowest BCUT2D eigenvalue weighted by molar-refractivity contribution is -0.106. The molecule has 1 N–H and O–H groups in total. The summed E-state index contributed by atoms with van der Waals surface area (Å²) in [5.41, 5.74) is 2.19. The maximum absolute atomic E-state index is 5.89. The van der Waals surface area contributed by atoms with Crippen molar-refractivity contribution in [3.63, 3.8) is 0 Å². The van der Waals surface area contributed by atoms with Crippen LogP contribution in [0.2, 0.25) is 0 Å². The maximum Gasteiger partial charge on any atom is 0.142 e. The summed E-state index contributed by atoms with van der Waals surface area (Å²) in [5, 5.41) is 3.46. The highest BCUT2D eigenvalue weighted by Gasteiger charge is 2.31. The molecule has 90 valence electrons. The Hall–Kier alpha value is -0.570. The van der Waals surface area contributed by atoms with E-state index in [0.717, 1.165) is 13.2 Å². The summed E-state index contributed by atoms with van der Waals surface area (Å²) in [7, 11) is 0. The normalized spacial score (nSPS) is 29.6. The van der Waals surface area contributed by atoms with Crippen LogP contribution in [0, 0.1) is 12.8 Å². The predicted octanol–water partition coefficient (Wildman–Crippen LogP) is 2.85. The minimum Gasteiger partial charge on any atom is -0.356 e. The van der Waals surface area contributed by atoms with Gasteiger partial charge in [-0.05, 0) is 25.3 Å². The molecular formula is C13H20ClNO. The van der Waals surface area contributed by atoms with Crippen molar-refractivity contribution in [2.75, 3.05) is 13.2 Å². The second-order valence-corrected chi connectivity index (χ2v) is 4.70. The van der Waals surface area contributed by atoms with E-state index in [-0.39, 0.29) is 18.1 Å². The molecule has 3 heteroatoms. The van der Waals surface area contributed by atoms with Crippen molar-refractivity contribution in [1.82, 2.24) is 5.32 Å². The van der Waals surface area contributed by atoms with Gasteiger partial charge in [0.05, 0.1) is 6.61 Å². The van der Waals surface area contributed by atoms with Crippen molar-refractivity contribution in [2.45, 2.75) is 26.5 Å². The van der Waals surface area contributed by atoms with Gasteiger partial charge in [-0.15, -0.1) is 12.4 Å². The molecule has 0 saturated carbocycles. The van der Waals surface area contributed by atoms with Crippen molar-refractivity contribution >= 4 is 12.4 Å². The van der Waals surface area contributed by atoms with Gasteiger partial charge in [-0.25, -0.2) is 0 Å². The molecule has 1 aliphatic heterocycles. The Kier molecular flexibility index (Phi) is 4.36. The lowest BCUT2D eigenvalue weighted by Crippen LogP contribution is -2.49. The van der Waals surface area contributed by atoms with Crippen molar-refractivity contribution in [3.8, 4) is 0 Å². The Morgan fingerprint density at radius 3 is 2.44 bits per heavy atom. The molecule has 0 aromatic heterocycles. The van der Waals surface area contributed by atoms with Crippen molar-refractivity contribution < 1.29 is 4.74 Å². The Bertz CT molecular complexity index is 328. The first kappa shape index (κ1) is 13.5. The summed E-state index contributed by atoms with van der Waals surface area (Å²) in [6.45, 7) is 8.25. The lowest BCUT2D eigenvalue weighted by Gasteiger charge is -2.38. The van der Waals surface area contributed by atoms with Gasteiger partial charge in [-0.1, -0.05) is 36.8 Å².